The first-order valence-electron chi connectivity index (χ1n) is 6.94. The number of nitro groups is 1. The van der Waals surface area contributed by atoms with E-state index in [1.807, 2.05) is 0 Å². The van der Waals surface area contributed by atoms with Gasteiger partial charge in [0.25, 0.3) is 5.69 Å². The van der Waals surface area contributed by atoms with Crippen molar-refractivity contribution in [3.63, 3.8) is 0 Å². The first kappa shape index (κ1) is 21.4. The summed E-state index contributed by atoms with van der Waals surface area (Å²) in [4.78, 5) is 33.7. The Kier molecular flexibility index (Phi) is 6.31. The molecule has 1 atom stereocenters. The number of Topliss-reactive ketones (excluding diaryl/α,β-unsaturated/α-hetero) is 1. The number of benzene rings is 1. The van der Waals surface area contributed by atoms with Gasteiger partial charge in [0, 0.05) is 18.2 Å². The Labute approximate surface area is 143 Å². The SMILES string of the molecule is C=CC(=O)C(OCC)C(=O)c1ccc(C(F)(F)C(F)(F)F)cc1[N+](=O)[O-]. The molecule has 0 aliphatic rings. The number of nitro benzene ring substituents is 1. The number of hydrogen-bond donors (Lipinski definition) is 0. The van der Waals surface area contributed by atoms with E-state index in [1.54, 1.807) is 0 Å². The molecular weight excluding hydrogens is 369 g/mol. The van der Waals surface area contributed by atoms with Crippen LogP contribution in [0.3, 0.4) is 0 Å². The van der Waals surface area contributed by atoms with Crippen LogP contribution in [0.15, 0.2) is 30.9 Å². The maximum atomic E-state index is 13.4. The summed E-state index contributed by atoms with van der Waals surface area (Å²) in [6.45, 7) is 4.40. The molecule has 0 bridgehead atoms. The average molecular weight is 381 g/mol. The van der Waals surface area contributed by atoms with Crippen LogP contribution in [0, 0.1) is 10.1 Å². The van der Waals surface area contributed by atoms with Crippen LogP contribution in [0.5, 0.6) is 0 Å². The number of carbonyl (C=O) groups is 2. The third-order valence-electron chi connectivity index (χ3n) is 3.21. The lowest BCUT2D eigenvalue weighted by atomic mass is 9.97. The van der Waals surface area contributed by atoms with Gasteiger partial charge in [-0.05, 0) is 19.1 Å². The molecule has 0 radical (unpaired) electrons. The van der Waals surface area contributed by atoms with Crippen LogP contribution in [0.2, 0.25) is 0 Å². The van der Waals surface area contributed by atoms with Gasteiger partial charge in [-0.25, -0.2) is 0 Å². The molecule has 142 valence electrons. The highest BCUT2D eigenvalue weighted by atomic mass is 19.4. The van der Waals surface area contributed by atoms with Crippen LogP contribution in [0.4, 0.5) is 27.6 Å². The van der Waals surface area contributed by atoms with Crippen LogP contribution < -0.4 is 0 Å². The quantitative estimate of drug-likeness (QED) is 0.172. The number of nitrogens with zero attached hydrogens (tertiary/aromatic N) is 1. The molecule has 1 aromatic carbocycles. The highest BCUT2D eigenvalue weighted by Crippen LogP contribution is 2.45. The molecule has 1 rings (SSSR count). The van der Waals surface area contributed by atoms with Gasteiger partial charge in [0.2, 0.25) is 5.78 Å². The molecule has 0 N–H and O–H groups in total. The zero-order chi connectivity index (χ0) is 20.3. The summed E-state index contributed by atoms with van der Waals surface area (Å²) in [5.41, 5.74) is -3.86. The minimum absolute atomic E-state index is 0.0535. The Morgan fingerprint density at radius 1 is 1.31 bits per heavy atom. The second kappa shape index (κ2) is 7.68. The Balaban J connectivity index is 3.50. The molecule has 0 fully saturated rings. The minimum Gasteiger partial charge on any atom is -0.362 e. The number of ether oxygens (including phenoxy) is 1. The van der Waals surface area contributed by atoms with Crippen LogP contribution in [0.1, 0.15) is 22.8 Å². The molecule has 0 saturated heterocycles. The average Bonchev–Trinajstić information content (AvgIpc) is 2.56. The van der Waals surface area contributed by atoms with Crippen molar-refractivity contribution in [3.05, 3.63) is 52.1 Å². The lowest BCUT2D eigenvalue weighted by Gasteiger charge is -2.20. The van der Waals surface area contributed by atoms with Gasteiger partial charge in [-0.15, -0.1) is 0 Å². The van der Waals surface area contributed by atoms with E-state index in [1.165, 1.54) is 6.92 Å². The third-order valence-corrected chi connectivity index (χ3v) is 3.21. The van der Waals surface area contributed by atoms with Gasteiger partial charge in [-0.3, -0.25) is 19.7 Å². The number of halogens is 5. The van der Waals surface area contributed by atoms with E-state index in [0.29, 0.717) is 6.07 Å². The zero-order valence-electron chi connectivity index (χ0n) is 13.2. The molecule has 0 heterocycles. The van der Waals surface area contributed by atoms with E-state index in [9.17, 15) is 41.7 Å². The molecule has 26 heavy (non-hydrogen) atoms. The lowest BCUT2D eigenvalue weighted by Crippen LogP contribution is -2.34. The van der Waals surface area contributed by atoms with Gasteiger partial charge in [0.1, 0.15) is 0 Å². The fourth-order valence-corrected chi connectivity index (χ4v) is 1.95. The Morgan fingerprint density at radius 2 is 1.88 bits per heavy atom. The van der Waals surface area contributed by atoms with Crippen molar-refractivity contribution in [2.24, 2.45) is 0 Å². The number of hydrogen-bond acceptors (Lipinski definition) is 5. The monoisotopic (exact) mass is 381 g/mol. The summed E-state index contributed by atoms with van der Waals surface area (Å²) in [5.74, 6) is -7.57. The largest absolute Gasteiger partial charge is 0.458 e. The molecular formula is C15H12F5NO5. The van der Waals surface area contributed by atoms with E-state index in [4.69, 9.17) is 4.74 Å². The van der Waals surface area contributed by atoms with E-state index in [-0.39, 0.29) is 18.7 Å². The van der Waals surface area contributed by atoms with Crippen molar-refractivity contribution in [1.82, 2.24) is 0 Å². The predicted octanol–water partition coefficient (Wildman–Crippen LogP) is 3.59. The van der Waals surface area contributed by atoms with Gasteiger partial charge in [0.15, 0.2) is 11.9 Å². The second-order valence-electron chi connectivity index (χ2n) is 4.87. The fraction of sp³-hybridized carbons (Fsp3) is 0.333. The molecule has 0 spiro atoms. The van der Waals surface area contributed by atoms with Crippen LogP contribution in [0.25, 0.3) is 0 Å². The van der Waals surface area contributed by atoms with Gasteiger partial charge < -0.3 is 4.74 Å². The second-order valence-corrected chi connectivity index (χ2v) is 4.87. The number of ketones is 2. The van der Waals surface area contributed by atoms with Crippen molar-refractivity contribution < 1.29 is 41.2 Å². The van der Waals surface area contributed by atoms with Crippen molar-refractivity contribution in [2.45, 2.75) is 25.1 Å². The van der Waals surface area contributed by atoms with Crippen molar-refractivity contribution in [1.29, 1.82) is 0 Å². The maximum Gasteiger partial charge on any atom is 0.458 e. The summed E-state index contributed by atoms with van der Waals surface area (Å²) in [6, 6.07) is 0.606. The number of rotatable bonds is 8. The van der Waals surface area contributed by atoms with E-state index < -0.39 is 51.5 Å². The van der Waals surface area contributed by atoms with E-state index in [0.717, 1.165) is 6.08 Å². The standard InChI is InChI=1S/C15H12F5NO5/c1-3-11(22)13(26-4-2)12(23)9-6-5-8(7-10(9)21(24)25)14(16,17)15(18,19)20/h3,5-7,13H,1,4H2,2H3. The van der Waals surface area contributed by atoms with E-state index in [2.05, 4.69) is 6.58 Å². The van der Waals surface area contributed by atoms with Gasteiger partial charge in [-0.2, -0.15) is 22.0 Å². The van der Waals surface area contributed by atoms with Crippen molar-refractivity contribution in [2.75, 3.05) is 6.61 Å². The highest BCUT2D eigenvalue weighted by Gasteiger charge is 2.59. The first-order valence-corrected chi connectivity index (χ1v) is 6.94. The van der Waals surface area contributed by atoms with Crippen LogP contribution in [-0.4, -0.2) is 35.4 Å². The molecule has 1 unspecified atom stereocenters. The Hall–Kier alpha value is -2.69. The Morgan fingerprint density at radius 3 is 2.31 bits per heavy atom. The summed E-state index contributed by atoms with van der Waals surface area (Å²) < 4.78 is 68.9. The smallest absolute Gasteiger partial charge is 0.362 e. The zero-order valence-corrected chi connectivity index (χ0v) is 13.2. The molecule has 0 aliphatic carbocycles. The minimum atomic E-state index is -5.99. The van der Waals surface area contributed by atoms with Gasteiger partial charge >= 0.3 is 12.1 Å². The summed E-state index contributed by atoms with van der Waals surface area (Å²) >= 11 is 0. The molecule has 0 saturated carbocycles. The maximum absolute atomic E-state index is 13.4. The summed E-state index contributed by atoms with van der Waals surface area (Å²) in [7, 11) is 0. The van der Waals surface area contributed by atoms with Gasteiger partial charge in [0.05, 0.1) is 10.5 Å². The number of carbonyl (C=O) groups excluding carboxylic acids is 2. The topological polar surface area (TPSA) is 86.5 Å². The van der Waals surface area contributed by atoms with Crippen molar-refractivity contribution >= 4 is 17.3 Å². The van der Waals surface area contributed by atoms with Crippen molar-refractivity contribution in [3.8, 4) is 0 Å². The highest BCUT2D eigenvalue weighted by molar-refractivity contribution is 6.17. The van der Waals surface area contributed by atoms with Crippen LogP contribution >= 0.6 is 0 Å². The molecule has 11 heteroatoms. The normalized spacial score (nSPS) is 13.2. The van der Waals surface area contributed by atoms with Gasteiger partial charge in [-0.1, -0.05) is 12.6 Å². The predicted molar refractivity (Wildman–Crippen MR) is 78.0 cm³/mol. The van der Waals surface area contributed by atoms with E-state index >= 15 is 0 Å². The molecule has 1 aromatic rings. The number of alkyl halides is 5. The fourth-order valence-electron chi connectivity index (χ4n) is 1.95. The molecule has 6 nitrogen and oxygen atoms in total. The first-order chi connectivity index (χ1) is 11.9. The molecule has 0 aliphatic heterocycles. The molecule has 0 amide bonds. The molecule has 0 aromatic heterocycles. The lowest BCUT2D eigenvalue weighted by molar-refractivity contribution is -0.385. The summed E-state index contributed by atoms with van der Waals surface area (Å²) in [5, 5.41) is 11.1. The van der Waals surface area contributed by atoms with Crippen LogP contribution in [-0.2, 0) is 15.5 Å². The third kappa shape index (κ3) is 4.10. The Bertz CT molecular complexity index is 744. The summed E-state index contributed by atoms with van der Waals surface area (Å²) in [6.07, 6.45) is -7.10.